The number of aromatic nitrogens is 4. The van der Waals surface area contributed by atoms with Gasteiger partial charge >= 0.3 is 12.1 Å². The van der Waals surface area contributed by atoms with Gasteiger partial charge in [0, 0.05) is 43.6 Å². The first kappa shape index (κ1) is 31.8. The standard InChI is InChI=1S/C25H29FN7O2P.C2HF3O2/c1-14-10-32(11-15(2)28-14)20-7-6-18(22-23(20)31-21(9-27-22)36(4,5)35)25(34)30-17-8-19(26)24-29-16(3)12-33(24)13-17;3-2(4,5)1(6)7/h6-9,12-15,28H,10-11H2,1-5H3,(H,30,34);(H,6,7)/t14-,15+;. The minimum atomic E-state index is -5.08. The molecule has 4 aromatic rings. The lowest BCUT2D eigenvalue weighted by atomic mass is 10.1. The van der Waals surface area contributed by atoms with Gasteiger partial charge in [0.25, 0.3) is 5.91 Å². The molecular weight excluding hydrogens is 593 g/mol. The maximum Gasteiger partial charge on any atom is 0.490 e. The molecule has 4 heterocycles. The minimum absolute atomic E-state index is 0.196. The Labute approximate surface area is 243 Å². The van der Waals surface area contributed by atoms with E-state index in [1.54, 1.807) is 43.1 Å². The van der Waals surface area contributed by atoms with Gasteiger partial charge in [-0.1, -0.05) is 0 Å². The molecule has 0 unspecified atom stereocenters. The van der Waals surface area contributed by atoms with Crippen LogP contribution in [0.1, 0.15) is 29.9 Å². The van der Waals surface area contributed by atoms with Crippen molar-refractivity contribution in [3.05, 3.63) is 53.9 Å². The monoisotopic (exact) mass is 623 g/mol. The molecule has 1 aliphatic rings. The molecule has 43 heavy (non-hydrogen) atoms. The number of carboxylic acid groups (broad SMARTS) is 1. The van der Waals surface area contributed by atoms with Crippen LogP contribution < -0.4 is 21.0 Å². The van der Waals surface area contributed by atoms with Crippen LogP contribution in [-0.2, 0) is 9.36 Å². The summed E-state index contributed by atoms with van der Waals surface area (Å²) in [7, 11) is -2.68. The number of amides is 1. The molecule has 1 amide bonds. The van der Waals surface area contributed by atoms with E-state index in [1.165, 1.54) is 12.3 Å². The maximum atomic E-state index is 14.5. The number of aliphatic carboxylic acids is 1. The van der Waals surface area contributed by atoms with E-state index in [0.29, 0.717) is 33.4 Å². The van der Waals surface area contributed by atoms with Crippen LogP contribution in [0.15, 0.2) is 36.8 Å². The van der Waals surface area contributed by atoms with E-state index in [2.05, 4.69) is 39.3 Å². The summed E-state index contributed by atoms with van der Waals surface area (Å²) >= 11 is 0. The third-order valence-electron chi connectivity index (χ3n) is 6.49. The van der Waals surface area contributed by atoms with Gasteiger partial charge in [0.2, 0.25) is 0 Å². The van der Waals surface area contributed by atoms with Gasteiger partial charge in [-0.3, -0.25) is 9.78 Å². The van der Waals surface area contributed by atoms with Gasteiger partial charge in [-0.2, -0.15) is 13.2 Å². The number of aryl methyl sites for hydroxylation is 1. The van der Waals surface area contributed by atoms with E-state index >= 15 is 0 Å². The average molecular weight is 624 g/mol. The van der Waals surface area contributed by atoms with Gasteiger partial charge in [-0.05, 0) is 46.2 Å². The van der Waals surface area contributed by atoms with E-state index in [9.17, 15) is 26.9 Å². The zero-order valence-electron chi connectivity index (χ0n) is 23.9. The molecule has 1 fully saturated rings. The van der Waals surface area contributed by atoms with E-state index in [0.717, 1.165) is 18.8 Å². The number of pyridine rings is 1. The summed E-state index contributed by atoms with van der Waals surface area (Å²) in [6.07, 6.45) is -0.300. The van der Waals surface area contributed by atoms with Crippen molar-refractivity contribution in [2.75, 3.05) is 36.6 Å². The van der Waals surface area contributed by atoms with Crippen molar-refractivity contribution in [3.63, 3.8) is 0 Å². The number of carbonyl (C=O) groups is 2. The van der Waals surface area contributed by atoms with E-state index in [-0.39, 0.29) is 17.7 Å². The number of hydrogen-bond acceptors (Lipinski definition) is 8. The number of piperazine rings is 1. The minimum Gasteiger partial charge on any atom is -0.475 e. The Bertz CT molecular complexity index is 1740. The SMILES string of the molecule is Cc1cn2cc(NC(=O)c3ccc(N4C[C@@H](C)N[C@@H](C)C4)c4nc(P(C)(C)=O)cnc34)cc(F)c2n1.O=C(O)C(F)(F)F. The number of imidazole rings is 1. The summed E-state index contributed by atoms with van der Waals surface area (Å²) in [5, 5.41) is 13.4. The Morgan fingerprint density at radius 1 is 1.09 bits per heavy atom. The second kappa shape index (κ2) is 11.9. The highest BCUT2D eigenvalue weighted by Crippen LogP contribution is 2.35. The number of carbonyl (C=O) groups excluding carboxylic acids is 1. The summed E-state index contributed by atoms with van der Waals surface area (Å²) in [4.78, 5) is 37.9. The first-order valence-corrected chi connectivity index (χ1v) is 15.7. The molecule has 3 aromatic heterocycles. The van der Waals surface area contributed by atoms with Crippen LogP contribution in [0.2, 0.25) is 0 Å². The molecule has 3 N–H and O–H groups in total. The first-order chi connectivity index (χ1) is 19.9. The predicted octanol–water partition coefficient (Wildman–Crippen LogP) is 4.05. The molecule has 0 bridgehead atoms. The van der Waals surface area contributed by atoms with Crippen molar-refractivity contribution in [2.24, 2.45) is 0 Å². The molecule has 1 aliphatic heterocycles. The number of carboxylic acids is 1. The lowest BCUT2D eigenvalue weighted by Gasteiger charge is -2.38. The third kappa shape index (κ3) is 7.28. The van der Waals surface area contributed by atoms with Crippen LogP contribution in [0.5, 0.6) is 0 Å². The predicted molar refractivity (Wildman–Crippen MR) is 154 cm³/mol. The number of nitrogens with zero attached hydrogens (tertiary/aromatic N) is 5. The zero-order valence-corrected chi connectivity index (χ0v) is 24.8. The lowest BCUT2D eigenvalue weighted by molar-refractivity contribution is -0.192. The Balaban J connectivity index is 0.000000541. The summed E-state index contributed by atoms with van der Waals surface area (Å²) in [6, 6.07) is 5.35. The summed E-state index contributed by atoms with van der Waals surface area (Å²) < 4.78 is 60.6. The highest BCUT2D eigenvalue weighted by molar-refractivity contribution is 7.69. The van der Waals surface area contributed by atoms with Crippen LogP contribution in [0.3, 0.4) is 0 Å². The smallest absolute Gasteiger partial charge is 0.475 e. The van der Waals surface area contributed by atoms with Crippen LogP contribution in [0.25, 0.3) is 16.7 Å². The number of alkyl halides is 3. The fraction of sp³-hybridized carbons (Fsp3) is 0.370. The average Bonchev–Trinajstić information content (AvgIpc) is 3.27. The first-order valence-electron chi connectivity index (χ1n) is 13.1. The van der Waals surface area contributed by atoms with Crippen LogP contribution >= 0.6 is 7.14 Å². The number of nitrogens with one attached hydrogen (secondary N) is 2. The highest BCUT2D eigenvalue weighted by Gasteiger charge is 2.38. The van der Waals surface area contributed by atoms with E-state index < -0.39 is 31.0 Å². The zero-order chi connectivity index (χ0) is 31.9. The van der Waals surface area contributed by atoms with E-state index in [4.69, 9.17) is 14.9 Å². The van der Waals surface area contributed by atoms with Gasteiger partial charge in [-0.25, -0.2) is 19.2 Å². The summed E-state index contributed by atoms with van der Waals surface area (Å²) in [5.74, 6) is -3.73. The molecule has 0 spiro atoms. The fourth-order valence-electron chi connectivity index (χ4n) is 4.74. The van der Waals surface area contributed by atoms with Crippen LogP contribution in [0.4, 0.5) is 28.9 Å². The largest absolute Gasteiger partial charge is 0.490 e. The maximum absolute atomic E-state index is 14.5. The van der Waals surface area contributed by atoms with Crippen molar-refractivity contribution in [2.45, 2.75) is 39.0 Å². The second-order valence-electron chi connectivity index (χ2n) is 10.7. The van der Waals surface area contributed by atoms with Crippen molar-refractivity contribution in [1.29, 1.82) is 0 Å². The molecule has 0 aliphatic carbocycles. The number of fused-ring (bicyclic) bond motifs is 2. The molecule has 1 aromatic carbocycles. The van der Waals surface area contributed by atoms with Crippen molar-refractivity contribution < 1.29 is 36.8 Å². The van der Waals surface area contributed by atoms with Gasteiger partial charge in [0.15, 0.2) is 11.5 Å². The van der Waals surface area contributed by atoms with Crippen LogP contribution in [0, 0.1) is 12.7 Å². The summed E-state index contributed by atoms with van der Waals surface area (Å²) in [5.41, 5.74) is 3.64. The lowest BCUT2D eigenvalue weighted by Crippen LogP contribution is -2.54. The Morgan fingerprint density at radius 2 is 1.72 bits per heavy atom. The number of benzene rings is 1. The quantitative estimate of drug-likeness (QED) is 0.227. The molecule has 11 nitrogen and oxygen atoms in total. The summed E-state index contributed by atoms with van der Waals surface area (Å²) in [6.45, 7) is 10.8. The Hall–Kier alpha value is -4.10. The van der Waals surface area contributed by atoms with Gasteiger partial charge in [-0.15, -0.1) is 0 Å². The van der Waals surface area contributed by atoms with Gasteiger partial charge in [0.05, 0.1) is 28.8 Å². The second-order valence-corrected chi connectivity index (χ2v) is 13.9. The molecule has 230 valence electrons. The molecule has 1 saturated heterocycles. The Kier molecular flexibility index (Phi) is 8.80. The number of rotatable bonds is 4. The molecule has 16 heteroatoms. The van der Waals surface area contributed by atoms with Crippen molar-refractivity contribution in [3.8, 4) is 0 Å². The number of hydrogen-bond donors (Lipinski definition) is 3. The van der Waals surface area contributed by atoms with Crippen molar-refractivity contribution >= 4 is 52.5 Å². The number of halogens is 4. The molecule has 2 atom stereocenters. The third-order valence-corrected chi connectivity index (χ3v) is 7.81. The van der Waals surface area contributed by atoms with Gasteiger partial charge < -0.3 is 29.6 Å². The topological polar surface area (TPSA) is 142 Å². The van der Waals surface area contributed by atoms with Crippen molar-refractivity contribution in [1.82, 2.24) is 24.7 Å². The van der Waals surface area contributed by atoms with E-state index in [1.807, 2.05) is 6.07 Å². The molecule has 0 radical (unpaired) electrons. The normalized spacial score (nSPS) is 17.5. The molecule has 5 rings (SSSR count). The molecule has 0 saturated carbocycles. The molecular formula is C27H30F4N7O4P. The van der Waals surface area contributed by atoms with Gasteiger partial charge in [0.1, 0.15) is 23.6 Å². The highest BCUT2D eigenvalue weighted by atomic mass is 31.2. The fourth-order valence-corrected chi connectivity index (χ4v) is 5.42. The Morgan fingerprint density at radius 3 is 2.30 bits per heavy atom. The van der Waals surface area contributed by atoms with Crippen LogP contribution in [-0.4, -0.2) is 81.0 Å². The number of anilines is 2.